The van der Waals surface area contributed by atoms with E-state index in [0.717, 1.165) is 31.2 Å². The van der Waals surface area contributed by atoms with E-state index in [4.69, 9.17) is 4.42 Å². The molecule has 0 aromatic carbocycles. The summed E-state index contributed by atoms with van der Waals surface area (Å²) >= 11 is 0. The SMILES string of the molecule is CCNCc1ncc(C(C)(C)CC)o1. The van der Waals surface area contributed by atoms with E-state index in [0.29, 0.717) is 0 Å². The van der Waals surface area contributed by atoms with Gasteiger partial charge in [0.2, 0.25) is 5.89 Å². The number of hydrogen-bond donors (Lipinski definition) is 1. The maximum absolute atomic E-state index is 5.67. The molecule has 0 spiro atoms. The third-order valence-corrected chi connectivity index (χ3v) is 2.63. The lowest BCUT2D eigenvalue weighted by Gasteiger charge is -2.18. The summed E-state index contributed by atoms with van der Waals surface area (Å²) in [7, 11) is 0. The highest BCUT2D eigenvalue weighted by Gasteiger charge is 2.22. The first kappa shape index (κ1) is 11.2. The number of rotatable bonds is 5. The van der Waals surface area contributed by atoms with Crippen LogP contribution in [-0.2, 0) is 12.0 Å². The van der Waals surface area contributed by atoms with Crippen LogP contribution in [0.3, 0.4) is 0 Å². The molecule has 0 unspecified atom stereocenters. The predicted molar refractivity (Wildman–Crippen MR) is 57.2 cm³/mol. The second kappa shape index (κ2) is 4.60. The molecule has 0 saturated heterocycles. The van der Waals surface area contributed by atoms with Gasteiger partial charge < -0.3 is 9.73 Å². The fourth-order valence-corrected chi connectivity index (χ4v) is 1.11. The lowest BCUT2D eigenvalue weighted by molar-refractivity contribution is 0.350. The van der Waals surface area contributed by atoms with Gasteiger partial charge in [-0.25, -0.2) is 4.98 Å². The summed E-state index contributed by atoms with van der Waals surface area (Å²) in [5.74, 6) is 1.76. The Kier molecular flexibility index (Phi) is 3.69. The molecule has 0 radical (unpaired) electrons. The van der Waals surface area contributed by atoms with Crippen LogP contribution >= 0.6 is 0 Å². The van der Waals surface area contributed by atoms with Gasteiger partial charge in [0.15, 0.2) is 0 Å². The third-order valence-electron chi connectivity index (χ3n) is 2.63. The number of hydrogen-bond acceptors (Lipinski definition) is 3. The molecular weight excluding hydrogens is 176 g/mol. The van der Waals surface area contributed by atoms with Crippen LogP contribution in [0.15, 0.2) is 10.6 Å². The summed E-state index contributed by atoms with van der Waals surface area (Å²) in [5.41, 5.74) is 0.0947. The minimum atomic E-state index is 0.0947. The average molecular weight is 196 g/mol. The molecule has 1 aromatic rings. The summed E-state index contributed by atoms with van der Waals surface area (Å²) in [4.78, 5) is 4.24. The minimum Gasteiger partial charge on any atom is -0.444 e. The fraction of sp³-hybridized carbons (Fsp3) is 0.727. The van der Waals surface area contributed by atoms with Gasteiger partial charge in [-0.05, 0) is 13.0 Å². The normalized spacial score (nSPS) is 12.0. The zero-order chi connectivity index (χ0) is 10.6. The van der Waals surface area contributed by atoms with Crippen molar-refractivity contribution in [3.05, 3.63) is 17.8 Å². The first-order valence-corrected chi connectivity index (χ1v) is 5.26. The average Bonchev–Trinajstić information content (AvgIpc) is 2.63. The van der Waals surface area contributed by atoms with E-state index in [1.54, 1.807) is 0 Å². The highest BCUT2D eigenvalue weighted by atomic mass is 16.4. The Hall–Kier alpha value is -0.830. The van der Waals surface area contributed by atoms with Crippen molar-refractivity contribution < 1.29 is 4.42 Å². The summed E-state index contributed by atoms with van der Waals surface area (Å²) in [6.07, 6.45) is 2.90. The number of nitrogens with zero attached hydrogens (tertiary/aromatic N) is 1. The Bertz CT molecular complexity index is 279. The zero-order valence-electron chi connectivity index (χ0n) is 9.55. The maximum Gasteiger partial charge on any atom is 0.208 e. The highest BCUT2D eigenvalue weighted by Crippen LogP contribution is 2.26. The first-order chi connectivity index (χ1) is 6.60. The lowest BCUT2D eigenvalue weighted by atomic mass is 9.88. The predicted octanol–water partition coefficient (Wildman–Crippen LogP) is 2.47. The quantitative estimate of drug-likeness (QED) is 0.786. The monoisotopic (exact) mass is 196 g/mol. The third kappa shape index (κ3) is 2.58. The molecule has 0 atom stereocenters. The molecule has 80 valence electrons. The summed E-state index contributed by atoms with van der Waals surface area (Å²) < 4.78 is 5.67. The van der Waals surface area contributed by atoms with Crippen LogP contribution in [0.4, 0.5) is 0 Å². The maximum atomic E-state index is 5.67. The lowest BCUT2D eigenvalue weighted by Crippen LogP contribution is -2.14. The molecule has 1 rings (SSSR count). The van der Waals surface area contributed by atoms with Crippen LogP contribution in [0.25, 0.3) is 0 Å². The van der Waals surface area contributed by atoms with Crippen LogP contribution in [0.2, 0.25) is 0 Å². The zero-order valence-corrected chi connectivity index (χ0v) is 9.55. The Balaban J connectivity index is 2.67. The molecule has 3 nitrogen and oxygen atoms in total. The number of oxazole rings is 1. The smallest absolute Gasteiger partial charge is 0.208 e. The number of nitrogens with one attached hydrogen (secondary N) is 1. The van der Waals surface area contributed by atoms with E-state index in [2.05, 4.69) is 38.0 Å². The Morgan fingerprint density at radius 3 is 2.71 bits per heavy atom. The van der Waals surface area contributed by atoms with Crippen LogP contribution in [0.5, 0.6) is 0 Å². The van der Waals surface area contributed by atoms with Gasteiger partial charge in [0.05, 0.1) is 12.7 Å². The van der Waals surface area contributed by atoms with Crippen molar-refractivity contribution in [2.75, 3.05) is 6.54 Å². The second-order valence-electron chi connectivity index (χ2n) is 4.14. The van der Waals surface area contributed by atoms with E-state index in [9.17, 15) is 0 Å². The highest BCUT2D eigenvalue weighted by molar-refractivity contribution is 5.07. The van der Waals surface area contributed by atoms with Crippen molar-refractivity contribution in [3.63, 3.8) is 0 Å². The van der Waals surface area contributed by atoms with Crippen molar-refractivity contribution in [3.8, 4) is 0 Å². The van der Waals surface area contributed by atoms with E-state index in [-0.39, 0.29) is 5.41 Å². The molecule has 0 bridgehead atoms. The molecule has 0 aliphatic carbocycles. The van der Waals surface area contributed by atoms with Gasteiger partial charge in [0.1, 0.15) is 5.76 Å². The van der Waals surface area contributed by atoms with Crippen molar-refractivity contribution in [1.29, 1.82) is 0 Å². The second-order valence-corrected chi connectivity index (χ2v) is 4.14. The molecule has 1 heterocycles. The largest absolute Gasteiger partial charge is 0.444 e. The fourth-order valence-electron chi connectivity index (χ4n) is 1.11. The van der Waals surface area contributed by atoms with E-state index in [1.165, 1.54) is 0 Å². The van der Waals surface area contributed by atoms with E-state index in [1.807, 2.05) is 6.20 Å². The molecule has 0 aliphatic rings. The van der Waals surface area contributed by atoms with Crippen molar-refractivity contribution in [2.24, 2.45) is 0 Å². The number of aromatic nitrogens is 1. The van der Waals surface area contributed by atoms with Crippen LogP contribution in [-0.4, -0.2) is 11.5 Å². The van der Waals surface area contributed by atoms with E-state index >= 15 is 0 Å². The first-order valence-electron chi connectivity index (χ1n) is 5.26. The Morgan fingerprint density at radius 1 is 1.43 bits per heavy atom. The molecule has 3 heteroatoms. The summed E-state index contributed by atoms with van der Waals surface area (Å²) in [5, 5.41) is 3.19. The van der Waals surface area contributed by atoms with Crippen molar-refractivity contribution in [2.45, 2.75) is 46.1 Å². The van der Waals surface area contributed by atoms with Gasteiger partial charge in [-0.3, -0.25) is 0 Å². The van der Waals surface area contributed by atoms with Gasteiger partial charge >= 0.3 is 0 Å². The van der Waals surface area contributed by atoms with E-state index < -0.39 is 0 Å². The molecule has 1 N–H and O–H groups in total. The van der Waals surface area contributed by atoms with Gasteiger partial charge in [0.25, 0.3) is 0 Å². The Labute approximate surface area is 85.9 Å². The summed E-state index contributed by atoms with van der Waals surface area (Å²) in [6.45, 7) is 10.2. The topological polar surface area (TPSA) is 38.1 Å². The van der Waals surface area contributed by atoms with Crippen LogP contribution in [0.1, 0.15) is 45.8 Å². The minimum absolute atomic E-state index is 0.0947. The van der Waals surface area contributed by atoms with Gasteiger partial charge in [-0.15, -0.1) is 0 Å². The molecule has 0 amide bonds. The molecule has 0 aliphatic heterocycles. The van der Waals surface area contributed by atoms with Gasteiger partial charge in [-0.1, -0.05) is 27.7 Å². The summed E-state index contributed by atoms with van der Waals surface area (Å²) in [6, 6.07) is 0. The van der Waals surface area contributed by atoms with Crippen molar-refractivity contribution in [1.82, 2.24) is 10.3 Å². The molecule has 0 saturated carbocycles. The molecule has 14 heavy (non-hydrogen) atoms. The van der Waals surface area contributed by atoms with Crippen molar-refractivity contribution >= 4 is 0 Å². The van der Waals surface area contributed by atoms with Crippen LogP contribution < -0.4 is 5.32 Å². The van der Waals surface area contributed by atoms with Gasteiger partial charge in [0, 0.05) is 5.41 Å². The molecule has 1 aromatic heterocycles. The Morgan fingerprint density at radius 2 is 2.14 bits per heavy atom. The van der Waals surface area contributed by atoms with Crippen LogP contribution in [0, 0.1) is 0 Å². The molecular formula is C11H20N2O. The van der Waals surface area contributed by atoms with Gasteiger partial charge in [-0.2, -0.15) is 0 Å². The molecule has 0 fully saturated rings. The standard InChI is InChI=1S/C11H20N2O/c1-5-11(3,4)9-7-13-10(14-9)8-12-6-2/h7,12H,5-6,8H2,1-4H3.